The van der Waals surface area contributed by atoms with Crippen molar-refractivity contribution >= 4 is 44.8 Å². The third kappa shape index (κ3) is 5.44. The van der Waals surface area contributed by atoms with Gasteiger partial charge in [-0.2, -0.15) is 0 Å². The molecule has 0 bridgehead atoms. The number of nitrogens with zero attached hydrogens (tertiary/aromatic N) is 2. The molecular weight excluding hydrogens is 444 g/mol. The molecule has 0 saturated heterocycles. The third-order valence-electron chi connectivity index (χ3n) is 3.65. The SMILES string of the molecule is COCc1nnc(C(=O)Nc2cccc(C(=O)NCc3cccc(Br)c3)c2)s1. The van der Waals surface area contributed by atoms with E-state index in [0.717, 1.165) is 21.4 Å². The molecule has 3 aromatic rings. The molecule has 2 aromatic carbocycles. The Labute approximate surface area is 174 Å². The van der Waals surface area contributed by atoms with Crippen LogP contribution >= 0.6 is 27.3 Å². The van der Waals surface area contributed by atoms with Crippen LogP contribution in [-0.4, -0.2) is 29.1 Å². The van der Waals surface area contributed by atoms with Crippen LogP contribution in [0.5, 0.6) is 0 Å². The number of halogens is 1. The fourth-order valence-corrected chi connectivity index (χ4v) is 3.53. The Balaban J connectivity index is 1.62. The fourth-order valence-electron chi connectivity index (χ4n) is 2.38. The highest BCUT2D eigenvalue weighted by molar-refractivity contribution is 9.10. The van der Waals surface area contributed by atoms with Crippen LogP contribution in [-0.2, 0) is 17.9 Å². The highest BCUT2D eigenvalue weighted by atomic mass is 79.9. The van der Waals surface area contributed by atoms with E-state index in [4.69, 9.17) is 4.74 Å². The maximum atomic E-state index is 12.4. The van der Waals surface area contributed by atoms with Crippen molar-refractivity contribution in [2.75, 3.05) is 12.4 Å². The predicted molar refractivity (Wildman–Crippen MR) is 110 cm³/mol. The molecule has 1 heterocycles. The fraction of sp³-hybridized carbons (Fsp3) is 0.158. The summed E-state index contributed by atoms with van der Waals surface area (Å²) in [6.45, 7) is 0.709. The van der Waals surface area contributed by atoms with Gasteiger partial charge in [-0.3, -0.25) is 9.59 Å². The van der Waals surface area contributed by atoms with Gasteiger partial charge in [-0.1, -0.05) is 45.5 Å². The second-order valence-electron chi connectivity index (χ2n) is 5.78. The molecule has 0 aliphatic rings. The number of benzene rings is 2. The molecule has 0 radical (unpaired) electrons. The van der Waals surface area contributed by atoms with E-state index in [1.807, 2.05) is 24.3 Å². The molecule has 1 aromatic heterocycles. The van der Waals surface area contributed by atoms with E-state index in [-0.39, 0.29) is 16.8 Å². The lowest BCUT2D eigenvalue weighted by atomic mass is 10.1. The average Bonchev–Trinajstić information content (AvgIpc) is 3.15. The number of hydrogen-bond acceptors (Lipinski definition) is 6. The molecule has 0 saturated carbocycles. The first-order valence-electron chi connectivity index (χ1n) is 8.30. The summed E-state index contributed by atoms with van der Waals surface area (Å²) < 4.78 is 5.92. The zero-order valence-corrected chi connectivity index (χ0v) is 17.3. The standard InChI is InChI=1S/C19H17BrN4O3S/c1-27-11-16-23-24-19(28-16)18(26)22-15-7-3-5-13(9-15)17(25)21-10-12-4-2-6-14(20)8-12/h2-9H,10-11H2,1H3,(H,21,25)(H,22,26). The highest BCUT2D eigenvalue weighted by Crippen LogP contribution is 2.16. The number of hydrogen-bond donors (Lipinski definition) is 2. The number of carbonyl (C=O) groups excluding carboxylic acids is 2. The molecule has 0 aliphatic heterocycles. The van der Waals surface area contributed by atoms with Gasteiger partial charge in [0.25, 0.3) is 11.8 Å². The lowest BCUT2D eigenvalue weighted by Crippen LogP contribution is -2.23. The minimum absolute atomic E-state index is 0.227. The maximum absolute atomic E-state index is 12.4. The number of aromatic nitrogens is 2. The van der Waals surface area contributed by atoms with Gasteiger partial charge >= 0.3 is 0 Å². The van der Waals surface area contributed by atoms with Crippen LogP contribution in [0.1, 0.15) is 30.7 Å². The molecule has 3 rings (SSSR count). The number of ether oxygens (including phenoxy) is 1. The van der Waals surface area contributed by atoms with Gasteiger partial charge in [0.05, 0.1) is 6.61 Å². The maximum Gasteiger partial charge on any atom is 0.286 e. The monoisotopic (exact) mass is 460 g/mol. The topological polar surface area (TPSA) is 93.2 Å². The minimum Gasteiger partial charge on any atom is -0.377 e. The molecule has 7 nitrogen and oxygen atoms in total. The van der Waals surface area contributed by atoms with Gasteiger partial charge < -0.3 is 15.4 Å². The van der Waals surface area contributed by atoms with Crippen molar-refractivity contribution in [3.05, 3.63) is 74.1 Å². The Morgan fingerprint density at radius 2 is 1.93 bits per heavy atom. The molecular formula is C19H17BrN4O3S. The largest absolute Gasteiger partial charge is 0.377 e. The summed E-state index contributed by atoms with van der Waals surface area (Å²) in [5, 5.41) is 14.2. The third-order valence-corrected chi connectivity index (χ3v) is 5.04. The lowest BCUT2D eigenvalue weighted by Gasteiger charge is -2.08. The summed E-state index contributed by atoms with van der Waals surface area (Å²) in [5.41, 5.74) is 1.93. The summed E-state index contributed by atoms with van der Waals surface area (Å²) in [6.07, 6.45) is 0. The van der Waals surface area contributed by atoms with E-state index >= 15 is 0 Å². The van der Waals surface area contributed by atoms with Crippen LogP contribution < -0.4 is 10.6 Å². The van der Waals surface area contributed by atoms with Crippen molar-refractivity contribution in [2.45, 2.75) is 13.2 Å². The number of amides is 2. The number of methoxy groups -OCH3 is 1. The van der Waals surface area contributed by atoms with Crippen LogP contribution in [0.15, 0.2) is 53.0 Å². The normalized spacial score (nSPS) is 10.5. The Bertz CT molecular complexity index is 993. The first kappa shape index (κ1) is 20.1. The van der Waals surface area contributed by atoms with Crippen molar-refractivity contribution in [1.29, 1.82) is 0 Å². The highest BCUT2D eigenvalue weighted by Gasteiger charge is 2.14. The number of nitrogens with one attached hydrogen (secondary N) is 2. The summed E-state index contributed by atoms with van der Waals surface area (Å²) in [5.74, 6) is -0.610. The van der Waals surface area contributed by atoms with Crippen molar-refractivity contribution in [3.8, 4) is 0 Å². The van der Waals surface area contributed by atoms with Gasteiger partial charge in [-0.05, 0) is 35.9 Å². The summed E-state index contributed by atoms with van der Waals surface area (Å²) in [7, 11) is 1.55. The summed E-state index contributed by atoms with van der Waals surface area (Å²) in [6, 6.07) is 14.4. The number of rotatable bonds is 7. The van der Waals surface area contributed by atoms with Gasteiger partial charge in [0, 0.05) is 29.4 Å². The lowest BCUT2D eigenvalue weighted by molar-refractivity contribution is 0.0949. The summed E-state index contributed by atoms with van der Waals surface area (Å²) >= 11 is 4.57. The van der Waals surface area contributed by atoms with Crippen LogP contribution in [0, 0.1) is 0 Å². The number of anilines is 1. The second kappa shape index (κ2) is 9.54. The Hall–Kier alpha value is -2.62. The van der Waals surface area contributed by atoms with E-state index in [1.165, 1.54) is 0 Å². The molecule has 0 aliphatic carbocycles. The average molecular weight is 461 g/mol. The summed E-state index contributed by atoms with van der Waals surface area (Å²) in [4.78, 5) is 24.7. The molecule has 2 amide bonds. The van der Waals surface area contributed by atoms with Crippen molar-refractivity contribution in [1.82, 2.24) is 15.5 Å². The molecule has 0 unspecified atom stereocenters. The van der Waals surface area contributed by atoms with Crippen molar-refractivity contribution in [3.63, 3.8) is 0 Å². The Morgan fingerprint density at radius 1 is 1.11 bits per heavy atom. The Kier molecular flexibility index (Phi) is 6.85. The van der Waals surface area contributed by atoms with E-state index in [0.29, 0.717) is 29.4 Å². The van der Waals surface area contributed by atoms with Crippen molar-refractivity contribution < 1.29 is 14.3 Å². The van der Waals surface area contributed by atoms with E-state index in [1.54, 1.807) is 31.4 Å². The predicted octanol–water partition coefficient (Wildman–Crippen LogP) is 3.63. The second-order valence-corrected chi connectivity index (χ2v) is 7.76. The molecule has 144 valence electrons. The van der Waals surface area contributed by atoms with Gasteiger partial charge in [0.1, 0.15) is 5.01 Å². The van der Waals surface area contributed by atoms with Gasteiger partial charge in [0.2, 0.25) is 5.01 Å². The van der Waals surface area contributed by atoms with Crippen LogP contribution in [0.2, 0.25) is 0 Å². The van der Waals surface area contributed by atoms with Crippen molar-refractivity contribution in [2.24, 2.45) is 0 Å². The molecule has 9 heteroatoms. The first-order valence-corrected chi connectivity index (χ1v) is 9.91. The molecule has 2 N–H and O–H groups in total. The van der Waals surface area contributed by atoms with Gasteiger partial charge in [-0.25, -0.2) is 0 Å². The van der Waals surface area contributed by atoms with Crippen LogP contribution in [0.4, 0.5) is 5.69 Å². The molecule has 0 atom stereocenters. The smallest absolute Gasteiger partial charge is 0.286 e. The quantitative estimate of drug-likeness (QED) is 0.561. The van der Waals surface area contributed by atoms with Crippen LogP contribution in [0.3, 0.4) is 0 Å². The molecule has 0 fully saturated rings. The zero-order valence-electron chi connectivity index (χ0n) is 14.9. The van der Waals surface area contributed by atoms with Gasteiger partial charge in [0.15, 0.2) is 0 Å². The van der Waals surface area contributed by atoms with E-state index < -0.39 is 0 Å². The molecule has 28 heavy (non-hydrogen) atoms. The van der Waals surface area contributed by atoms with E-state index in [2.05, 4.69) is 36.8 Å². The first-order chi connectivity index (χ1) is 13.5. The van der Waals surface area contributed by atoms with Crippen LogP contribution in [0.25, 0.3) is 0 Å². The number of carbonyl (C=O) groups is 2. The zero-order chi connectivity index (χ0) is 19.9. The minimum atomic E-state index is -0.383. The van der Waals surface area contributed by atoms with Gasteiger partial charge in [-0.15, -0.1) is 10.2 Å². The van der Waals surface area contributed by atoms with E-state index in [9.17, 15) is 9.59 Å². The molecule has 0 spiro atoms. The Morgan fingerprint density at radius 3 is 2.71 bits per heavy atom.